The summed E-state index contributed by atoms with van der Waals surface area (Å²) in [6.07, 6.45) is 2.66. The maximum absolute atomic E-state index is 13.6. The van der Waals surface area contributed by atoms with Gasteiger partial charge in [0.1, 0.15) is 6.54 Å². The molecule has 0 radical (unpaired) electrons. The van der Waals surface area contributed by atoms with E-state index < -0.39 is 0 Å². The zero-order valence-corrected chi connectivity index (χ0v) is 21.7. The highest BCUT2D eigenvalue weighted by Crippen LogP contribution is 2.28. The number of ether oxygens (including phenoxy) is 3. The van der Waals surface area contributed by atoms with Crippen LogP contribution < -0.4 is 9.47 Å². The van der Waals surface area contributed by atoms with E-state index in [2.05, 4.69) is 11.1 Å². The van der Waals surface area contributed by atoms with Gasteiger partial charge in [-0.1, -0.05) is 24.3 Å². The first-order valence-corrected chi connectivity index (χ1v) is 11.9. The van der Waals surface area contributed by atoms with Gasteiger partial charge in [-0.2, -0.15) is 0 Å². The summed E-state index contributed by atoms with van der Waals surface area (Å²) in [5.41, 5.74) is 3.10. The Morgan fingerprint density at radius 1 is 0.917 bits per heavy atom. The van der Waals surface area contributed by atoms with Crippen LogP contribution in [0.1, 0.15) is 11.1 Å². The minimum atomic E-state index is -0.233. The van der Waals surface area contributed by atoms with Crippen molar-refractivity contribution in [1.82, 2.24) is 19.7 Å². The number of rotatable bonds is 12. The predicted octanol–water partition coefficient (Wildman–Crippen LogP) is 3.39. The first-order valence-electron chi connectivity index (χ1n) is 11.9. The van der Waals surface area contributed by atoms with Gasteiger partial charge in [-0.3, -0.25) is 4.79 Å². The monoisotopic (exact) mass is 496 g/mol. The molecule has 3 rings (SSSR count). The second-order valence-corrected chi connectivity index (χ2v) is 8.71. The highest BCUT2D eigenvalue weighted by atomic mass is 16.5. The minimum absolute atomic E-state index is 0.0401. The van der Waals surface area contributed by atoms with Gasteiger partial charge in [0.25, 0.3) is 0 Å². The van der Waals surface area contributed by atoms with Crippen molar-refractivity contribution < 1.29 is 23.8 Å². The summed E-state index contributed by atoms with van der Waals surface area (Å²) in [5.74, 6) is 1.08. The van der Waals surface area contributed by atoms with Crippen molar-refractivity contribution >= 4 is 22.8 Å². The summed E-state index contributed by atoms with van der Waals surface area (Å²) in [6.45, 7) is 1.49. The predicted molar refractivity (Wildman–Crippen MR) is 139 cm³/mol. The van der Waals surface area contributed by atoms with E-state index in [4.69, 9.17) is 14.2 Å². The molecule has 0 saturated carbocycles. The van der Waals surface area contributed by atoms with Crippen LogP contribution in [0.25, 0.3) is 10.9 Å². The first-order chi connectivity index (χ1) is 17.4. The van der Waals surface area contributed by atoms with E-state index >= 15 is 0 Å². The third kappa shape index (κ3) is 6.69. The third-order valence-corrected chi connectivity index (χ3v) is 6.04. The van der Waals surface area contributed by atoms with Crippen molar-refractivity contribution in [1.29, 1.82) is 0 Å². The number of carbonyl (C=O) groups is 2. The lowest BCUT2D eigenvalue weighted by Gasteiger charge is -2.29. The largest absolute Gasteiger partial charge is 0.493 e. The standard InChI is InChI=1S/C27H36N4O5/c1-29(2)27(33)31(14-15-34-3)19-26(32)30(18-20-10-11-24(35-4)25(16-20)36-5)13-12-21-17-28-23-9-7-6-8-22(21)23/h6-11,16-17,28H,12-15,18-19H2,1-5H3. The van der Waals surface area contributed by atoms with Crippen LogP contribution in [-0.4, -0.2) is 93.3 Å². The van der Waals surface area contributed by atoms with E-state index in [1.165, 1.54) is 9.80 Å². The summed E-state index contributed by atoms with van der Waals surface area (Å²) < 4.78 is 16.0. The van der Waals surface area contributed by atoms with Crippen molar-refractivity contribution in [3.63, 3.8) is 0 Å². The lowest BCUT2D eigenvalue weighted by atomic mass is 10.1. The van der Waals surface area contributed by atoms with Crippen molar-refractivity contribution in [3.8, 4) is 11.5 Å². The number of urea groups is 1. The summed E-state index contributed by atoms with van der Waals surface area (Å²) in [5, 5.41) is 1.14. The highest BCUT2D eigenvalue weighted by Gasteiger charge is 2.23. The number of hydrogen-bond donors (Lipinski definition) is 1. The smallest absolute Gasteiger partial charge is 0.320 e. The number of nitrogens with zero attached hydrogens (tertiary/aromatic N) is 3. The Bertz CT molecular complexity index is 1160. The Labute approximate surface area is 212 Å². The number of methoxy groups -OCH3 is 3. The summed E-state index contributed by atoms with van der Waals surface area (Å²) in [7, 11) is 8.09. The molecule has 2 aromatic carbocycles. The molecule has 9 nitrogen and oxygen atoms in total. The molecule has 1 aromatic heterocycles. The molecule has 3 amide bonds. The zero-order valence-electron chi connectivity index (χ0n) is 21.7. The molecule has 0 fully saturated rings. The van der Waals surface area contributed by atoms with Crippen LogP contribution in [0.5, 0.6) is 11.5 Å². The zero-order chi connectivity index (χ0) is 26.1. The van der Waals surface area contributed by atoms with Crippen molar-refractivity contribution in [3.05, 3.63) is 59.8 Å². The molecular weight excluding hydrogens is 460 g/mol. The number of aromatic nitrogens is 1. The van der Waals surface area contributed by atoms with Gasteiger partial charge >= 0.3 is 6.03 Å². The molecule has 0 aliphatic carbocycles. The maximum atomic E-state index is 13.6. The number of nitrogens with one attached hydrogen (secondary N) is 1. The van der Waals surface area contributed by atoms with Crippen LogP contribution in [0.3, 0.4) is 0 Å². The third-order valence-electron chi connectivity index (χ3n) is 6.04. The van der Waals surface area contributed by atoms with E-state index in [0.29, 0.717) is 44.2 Å². The van der Waals surface area contributed by atoms with E-state index in [-0.39, 0.29) is 18.5 Å². The molecule has 36 heavy (non-hydrogen) atoms. The van der Waals surface area contributed by atoms with E-state index in [0.717, 1.165) is 22.0 Å². The molecule has 194 valence electrons. The molecule has 0 bridgehead atoms. The quantitative estimate of drug-likeness (QED) is 0.415. The van der Waals surface area contributed by atoms with Gasteiger partial charge in [0.05, 0.1) is 20.8 Å². The number of hydrogen-bond acceptors (Lipinski definition) is 5. The second kappa shape index (κ2) is 12.8. The molecule has 0 atom stereocenters. The van der Waals surface area contributed by atoms with Crippen LogP contribution >= 0.6 is 0 Å². The Morgan fingerprint density at radius 2 is 1.67 bits per heavy atom. The fourth-order valence-electron chi connectivity index (χ4n) is 4.08. The molecule has 0 saturated heterocycles. The highest BCUT2D eigenvalue weighted by molar-refractivity contribution is 5.85. The number of H-pyrrole nitrogens is 1. The van der Waals surface area contributed by atoms with Crippen LogP contribution in [0.2, 0.25) is 0 Å². The van der Waals surface area contributed by atoms with Gasteiger partial charge in [0, 0.05) is 57.9 Å². The van der Waals surface area contributed by atoms with E-state index in [1.807, 2.05) is 42.6 Å². The molecule has 0 spiro atoms. The normalized spacial score (nSPS) is 10.8. The lowest BCUT2D eigenvalue weighted by Crippen LogP contribution is -2.47. The SMILES string of the molecule is COCCN(CC(=O)N(CCc1c[nH]c2ccccc12)Cc1ccc(OC)c(OC)c1)C(=O)N(C)C. The molecule has 1 heterocycles. The van der Waals surface area contributed by atoms with Crippen LogP contribution in [0, 0.1) is 0 Å². The van der Waals surface area contributed by atoms with Gasteiger partial charge in [-0.15, -0.1) is 0 Å². The topological polar surface area (TPSA) is 87.3 Å². The first kappa shape index (κ1) is 26.9. The summed E-state index contributed by atoms with van der Waals surface area (Å²) >= 11 is 0. The van der Waals surface area contributed by atoms with Crippen molar-refractivity contribution in [2.24, 2.45) is 0 Å². The van der Waals surface area contributed by atoms with Crippen molar-refractivity contribution in [2.75, 3.05) is 61.7 Å². The van der Waals surface area contributed by atoms with E-state index in [9.17, 15) is 9.59 Å². The molecular formula is C27H36N4O5. The number of benzene rings is 2. The molecule has 3 aromatic rings. The summed E-state index contributed by atoms with van der Waals surface area (Å²) in [6, 6.07) is 13.5. The number of fused-ring (bicyclic) bond motifs is 1. The van der Waals surface area contributed by atoms with Gasteiger partial charge in [0.2, 0.25) is 5.91 Å². The summed E-state index contributed by atoms with van der Waals surface area (Å²) in [4.78, 5) is 34.3. The van der Waals surface area contributed by atoms with Crippen LogP contribution in [-0.2, 0) is 22.5 Å². The van der Waals surface area contributed by atoms with Gasteiger partial charge in [-0.25, -0.2) is 4.79 Å². The number of aromatic amines is 1. The van der Waals surface area contributed by atoms with Gasteiger partial charge in [-0.05, 0) is 35.7 Å². The second-order valence-electron chi connectivity index (χ2n) is 8.71. The fraction of sp³-hybridized carbons (Fsp3) is 0.407. The minimum Gasteiger partial charge on any atom is -0.493 e. The molecule has 1 N–H and O–H groups in total. The fourth-order valence-corrected chi connectivity index (χ4v) is 4.08. The molecule has 0 aliphatic rings. The van der Waals surface area contributed by atoms with Gasteiger partial charge < -0.3 is 33.9 Å². The number of amides is 3. The average Bonchev–Trinajstić information content (AvgIpc) is 3.31. The van der Waals surface area contributed by atoms with Crippen molar-refractivity contribution in [2.45, 2.75) is 13.0 Å². The van der Waals surface area contributed by atoms with E-state index in [1.54, 1.807) is 40.3 Å². The lowest BCUT2D eigenvalue weighted by molar-refractivity contribution is -0.132. The molecule has 9 heteroatoms. The average molecular weight is 497 g/mol. The number of carbonyl (C=O) groups excluding carboxylic acids is 2. The van der Waals surface area contributed by atoms with Crippen LogP contribution in [0.15, 0.2) is 48.7 Å². The number of para-hydroxylation sites is 1. The Hall–Kier alpha value is -3.72. The van der Waals surface area contributed by atoms with Crippen LogP contribution in [0.4, 0.5) is 4.79 Å². The molecule has 0 aliphatic heterocycles. The Morgan fingerprint density at radius 3 is 2.36 bits per heavy atom. The molecule has 0 unspecified atom stereocenters. The van der Waals surface area contributed by atoms with Gasteiger partial charge in [0.15, 0.2) is 11.5 Å². The maximum Gasteiger partial charge on any atom is 0.320 e. The Balaban J connectivity index is 1.83. The Kier molecular flexibility index (Phi) is 9.58.